The van der Waals surface area contributed by atoms with E-state index in [1.165, 1.54) is 0 Å². The molecule has 1 aromatic heterocycles. The lowest BCUT2D eigenvalue weighted by Crippen LogP contribution is -2.36. The third kappa shape index (κ3) is 8.14. The fraction of sp³-hybridized carbons (Fsp3) is 0.258. The number of hydrogen-bond acceptors (Lipinski definition) is 7. The highest BCUT2D eigenvalue weighted by molar-refractivity contribution is 8.03. The van der Waals surface area contributed by atoms with Gasteiger partial charge in [0.25, 0.3) is 25.2 Å². The van der Waals surface area contributed by atoms with Gasteiger partial charge < -0.3 is 4.90 Å². The summed E-state index contributed by atoms with van der Waals surface area (Å²) in [5.41, 5.74) is 6.19. The maximum Gasteiger partial charge on any atom is 0.265 e. The molecule has 0 atom stereocenters. The van der Waals surface area contributed by atoms with Crippen LogP contribution in [0.3, 0.4) is 0 Å². The van der Waals surface area contributed by atoms with Crippen molar-refractivity contribution in [3.8, 4) is 11.1 Å². The van der Waals surface area contributed by atoms with Gasteiger partial charge in [0.2, 0.25) is 5.52 Å². The Morgan fingerprint density at radius 1 is 0.907 bits per heavy atom. The van der Waals surface area contributed by atoms with Crippen LogP contribution in [-0.4, -0.2) is 44.0 Å². The van der Waals surface area contributed by atoms with Crippen LogP contribution in [-0.2, 0) is 26.8 Å². The van der Waals surface area contributed by atoms with Crippen molar-refractivity contribution in [2.24, 2.45) is 0 Å². The van der Waals surface area contributed by atoms with Gasteiger partial charge in [0.05, 0.1) is 22.2 Å². The summed E-state index contributed by atoms with van der Waals surface area (Å²) in [6.45, 7) is 4.86. The van der Waals surface area contributed by atoms with Crippen LogP contribution in [0.5, 0.6) is 0 Å². The number of aryl methyl sites for hydroxylation is 2. The normalized spacial score (nSPS) is 15.0. The second kappa shape index (κ2) is 12.9. The van der Waals surface area contributed by atoms with Crippen molar-refractivity contribution in [3.63, 3.8) is 0 Å². The number of hydrogen-bond donors (Lipinski definition) is 2. The number of nitrogens with zero attached hydrogens (tertiary/aromatic N) is 2. The number of aromatic nitrogens is 1. The number of benzene rings is 3. The number of anilines is 1. The molecule has 0 bridgehead atoms. The molecule has 5 rings (SSSR count). The van der Waals surface area contributed by atoms with Gasteiger partial charge in [-0.25, -0.2) is 0 Å². The van der Waals surface area contributed by atoms with Gasteiger partial charge in [-0.15, -0.1) is 0 Å². The maximum atomic E-state index is 11.5. The van der Waals surface area contributed by atoms with Gasteiger partial charge in [0.15, 0.2) is 6.54 Å². The first-order valence-electron chi connectivity index (χ1n) is 13.7. The first-order valence-corrected chi connectivity index (χ1v) is 18.6. The van der Waals surface area contributed by atoms with Gasteiger partial charge in [-0.05, 0) is 66.8 Å². The lowest BCUT2D eigenvalue weighted by Gasteiger charge is -2.20. The fourth-order valence-corrected chi connectivity index (χ4v) is 8.39. The Kier molecular flexibility index (Phi) is 9.45. The monoisotopic (exact) mass is 657 g/mol. The Labute approximate surface area is 260 Å². The third-order valence-corrected chi connectivity index (χ3v) is 10.8. The summed E-state index contributed by atoms with van der Waals surface area (Å²) in [6.07, 6.45) is 4.67. The second-order valence-corrected chi connectivity index (χ2v) is 15.8. The van der Waals surface area contributed by atoms with Gasteiger partial charge in [0, 0.05) is 30.0 Å². The Hall–Kier alpha value is -3.00. The molecule has 0 aliphatic carbocycles. The van der Waals surface area contributed by atoms with Crippen LogP contribution in [0.15, 0.2) is 88.3 Å². The summed E-state index contributed by atoms with van der Waals surface area (Å²) in [5.74, 6) is -0.636. The summed E-state index contributed by atoms with van der Waals surface area (Å²) in [4.78, 5) is 3.17. The average molecular weight is 658 g/mol. The lowest BCUT2D eigenvalue weighted by atomic mass is 10.1. The van der Waals surface area contributed by atoms with E-state index < -0.39 is 20.2 Å². The number of thioether (sulfide) groups is 1. The minimum Gasteiger partial charge on any atom is -0.335 e. The van der Waals surface area contributed by atoms with E-state index in [2.05, 4.69) is 52.0 Å². The van der Waals surface area contributed by atoms with Gasteiger partial charge in [-0.1, -0.05) is 65.6 Å². The molecule has 226 valence electrons. The van der Waals surface area contributed by atoms with E-state index in [0.29, 0.717) is 13.1 Å². The molecule has 0 fully saturated rings. The van der Waals surface area contributed by atoms with E-state index in [0.717, 1.165) is 53.1 Å². The predicted molar refractivity (Wildman–Crippen MR) is 176 cm³/mol. The fourth-order valence-electron chi connectivity index (χ4n) is 5.04. The Morgan fingerprint density at radius 3 is 2.35 bits per heavy atom. The van der Waals surface area contributed by atoms with Gasteiger partial charge in [0.1, 0.15) is 4.70 Å². The van der Waals surface area contributed by atoms with Crippen molar-refractivity contribution in [1.82, 2.24) is 0 Å². The molecule has 0 radical (unpaired) electrons. The van der Waals surface area contributed by atoms with Crippen LogP contribution in [0.4, 0.5) is 5.69 Å². The first kappa shape index (κ1) is 31.4. The van der Waals surface area contributed by atoms with Crippen molar-refractivity contribution in [2.75, 3.05) is 23.0 Å². The van der Waals surface area contributed by atoms with E-state index >= 15 is 0 Å². The minimum absolute atomic E-state index is 0.262. The van der Waals surface area contributed by atoms with E-state index in [-0.39, 0.29) is 24.3 Å². The van der Waals surface area contributed by atoms with Gasteiger partial charge in [-0.2, -0.15) is 21.4 Å². The second-order valence-electron chi connectivity index (χ2n) is 10.5. The standard InChI is InChI=1S/C31H32N2O6S4/c1-22-10-12-28-26(18-22)32(14-6-16-42(34,35)36)30(40-28)19-23(2)20-31-33(15-7-17-43(37,38)39)27-21-25(11-13-29(27)41-31)24-8-4-3-5-9-24/h3-5,8-13,18-21H,6-7,14-17H2,1-2H3,(H-,34,35,36,37,38,39)/p+1. The molecule has 3 aromatic carbocycles. The van der Waals surface area contributed by atoms with E-state index in [4.69, 9.17) is 0 Å². The number of thiazole rings is 1. The average Bonchev–Trinajstić information content (AvgIpc) is 3.44. The van der Waals surface area contributed by atoms with E-state index in [1.807, 2.05) is 50.2 Å². The van der Waals surface area contributed by atoms with Crippen LogP contribution < -0.4 is 9.47 Å². The summed E-state index contributed by atoms with van der Waals surface area (Å²) in [5, 5.41) is 1.90. The largest absolute Gasteiger partial charge is 0.335 e. The highest BCUT2D eigenvalue weighted by Crippen LogP contribution is 2.46. The highest BCUT2D eigenvalue weighted by Gasteiger charge is 2.26. The first-order chi connectivity index (χ1) is 20.4. The van der Waals surface area contributed by atoms with E-state index in [9.17, 15) is 25.9 Å². The molecule has 43 heavy (non-hydrogen) atoms. The van der Waals surface area contributed by atoms with Crippen molar-refractivity contribution in [3.05, 3.63) is 94.0 Å². The molecule has 0 spiro atoms. The molecule has 1 aliphatic rings. The zero-order chi connectivity index (χ0) is 30.8. The molecule has 12 heteroatoms. The topological polar surface area (TPSA) is 116 Å². The Balaban J connectivity index is 1.51. The van der Waals surface area contributed by atoms with Crippen LogP contribution in [0.25, 0.3) is 27.4 Å². The molecule has 4 aromatic rings. The molecule has 1 aliphatic heterocycles. The summed E-state index contributed by atoms with van der Waals surface area (Å²) in [6, 6.07) is 22.5. The lowest BCUT2D eigenvalue weighted by molar-refractivity contribution is -0.668. The van der Waals surface area contributed by atoms with Gasteiger partial charge >= 0.3 is 0 Å². The molecule has 0 unspecified atom stereocenters. The summed E-state index contributed by atoms with van der Waals surface area (Å²) < 4.78 is 67.4. The molecule has 2 N–H and O–H groups in total. The number of fused-ring (bicyclic) bond motifs is 2. The Morgan fingerprint density at radius 2 is 1.63 bits per heavy atom. The van der Waals surface area contributed by atoms with Crippen molar-refractivity contribution >= 4 is 65.3 Å². The van der Waals surface area contributed by atoms with Crippen LogP contribution >= 0.6 is 23.1 Å². The van der Waals surface area contributed by atoms with E-state index in [1.54, 1.807) is 23.1 Å². The minimum atomic E-state index is -4.08. The zero-order valence-corrected chi connectivity index (χ0v) is 27.1. The molecule has 0 saturated heterocycles. The van der Waals surface area contributed by atoms with Crippen molar-refractivity contribution in [1.29, 1.82) is 0 Å². The number of allylic oxidation sites excluding steroid dienone is 2. The van der Waals surface area contributed by atoms with Crippen LogP contribution in [0.2, 0.25) is 0 Å². The summed E-state index contributed by atoms with van der Waals surface area (Å²) >= 11 is 3.22. The SMILES string of the molecule is CC(/C=C1\Sc2ccc(C)cc2N1CCCS(=O)(=O)O)=C\c1sc2ccc(-c3ccccc3)cc2[n+]1CCCS(=O)(=O)O. The Bertz CT molecular complexity index is 1930. The molecule has 2 heterocycles. The molecule has 0 amide bonds. The van der Waals surface area contributed by atoms with Crippen LogP contribution in [0.1, 0.15) is 30.3 Å². The molecule has 8 nitrogen and oxygen atoms in total. The molecular formula is C31H33N2O6S4+. The van der Waals surface area contributed by atoms with Crippen molar-refractivity contribution < 1.29 is 30.5 Å². The highest BCUT2D eigenvalue weighted by atomic mass is 32.2. The number of rotatable bonds is 11. The quantitative estimate of drug-likeness (QED) is 0.137. The summed E-state index contributed by atoms with van der Waals surface area (Å²) in [7, 11) is -8.14. The van der Waals surface area contributed by atoms with Gasteiger partial charge in [-0.3, -0.25) is 9.11 Å². The zero-order valence-electron chi connectivity index (χ0n) is 23.8. The smallest absolute Gasteiger partial charge is 0.265 e. The molecular weight excluding hydrogens is 625 g/mol. The third-order valence-electron chi connectivity index (χ3n) is 6.99. The van der Waals surface area contributed by atoms with Crippen LogP contribution in [0, 0.1) is 6.92 Å². The molecule has 0 saturated carbocycles. The maximum absolute atomic E-state index is 11.5. The van der Waals surface area contributed by atoms with Crippen molar-refractivity contribution in [2.45, 2.75) is 38.1 Å². The predicted octanol–water partition coefficient (Wildman–Crippen LogP) is 6.58.